The van der Waals surface area contributed by atoms with E-state index < -0.39 is 6.03 Å². The fourth-order valence-corrected chi connectivity index (χ4v) is 4.99. The number of ether oxygens (including phenoxy) is 2. The molecule has 0 radical (unpaired) electrons. The van der Waals surface area contributed by atoms with E-state index in [4.69, 9.17) is 15.2 Å². The number of benzene rings is 1. The molecule has 1 saturated heterocycles. The Hall–Kier alpha value is -4.48. The molecule has 11 nitrogen and oxygen atoms in total. The number of likely N-dealkylation sites (N-methyl/N-ethyl adjacent to an activating group) is 1. The zero-order chi connectivity index (χ0) is 30.0. The van der Waals surface area contributed by atoms with Crippen molar-refractivity contribution in [3.8, 4) is 0 Å². The number of amides is 3. The number of carbonyl (C=O) groups excluding carboxylic acids is 2. The number of pyridine rings is 1. The zero-order valence-electron chi connectivity index (χ0n) is 24.6. The monoisotopic (exact) mass is 585 g/mol. The zero-order valence-corrected chi connectivity index (χ0v) is 24.6. The molecule has 0 saturated carbocycles. The predicted molar refractivity (Wildman–Crippen MR) is 166 cm³/mol. The Bertz CT molecular complexity index is 1410. The van der Waals surface area contributed by atoms with E-state index in [0.29, 0.717) is 30.1 Å². The van der Waals surface area contributed by atoms with Crippen LogP contribution < -0.4 is 11.1 Å². The highest BCUT2D eigenvalue weighted by molar-refractivity contribution is 6.04. The lowest BCUT2D eigenvalue weighted by Gasteiger charge is -2.33. The second-order valence-electron chi connectivity index (χ2n) is 10.9. The van der Waals surface area contributed by atoms with Crippen LogP contribution in [0.15, 0.2) is 83.4 Å². The molecule has 1 fully saturated rings. The molecule has 43 heavy (non-hydrogen) atoms. The summed E-state index contributed by atoms with van der Waals surface area (Å²) in [6.45, 7) is 5.46. The molecule has 2 aromatic rings. The van der Waals surface area contributed by atoms with E-state index >= 15 is 0 Å². The first-order chi connectivity index (χ1) is 20.9. The number of rotatable bonds is 9. The molecule has 3 heterocycles. The summed E-state index contributed by atoms with van der Waals surface area (Å²) in [6.07, 6.45) is 12.1. The van der Waals surface area contributed by atoms with E-state index in [1.165, 1.54) is 5.57 Å². The summed E-state index contributed by atoms with van der Waals surface area (Å²) in [5.41, 5.74) is 9.22. The third kappa shape index (κ3) is 8.76. The molecule has 2 aliphatic heterocycles. The molecule has 3 N–H and O–H groups in total. The Morgan fingerprint density at radius 3 is 2.72 bits per heavy atom. The number of piperazine rings is 1. The van der Waals surface area contributed by atoms with Crippen molar-refractivity contribution >= 4 is 29.2 Å². The van der Waals surface area contributed by atoms with E-state index in [2.05, 4.69) is 44.3 Å². The maximum Gasteiger partial charge on any atom is 0.347 e. The molecule has 0 atom stereocenters. The molecule has 226 valence electrons. The van der Waals surface area contributed by atoms with Crippen LogP contribution in [0.5, 0.6) is 0 Å². The largest absolute Gasteiger partial charge is 0.488 e. The number of nitrogens with one attached hydrogen (secondary N) is 1. The number of anilines is 2. The Morgan fingerprint density at radius 1 is 1.14 bits per heavy atom. The van der Waals surface area contributed by atoms with Gasteiger partial charge in [0.2, 0.25) is 5.90 Å². The molecule has 1 aliphatic carbocycles. The van der Waals surface area contributed by atoms with Gasteiger partial charge >= 0.3 is 6.03 Å². The molecule has 1 aromatic carbocycles. The predicted octanol–water partition coefficient (Wildman–Crippen LogP) is 4.04. The van der Waals surface area contributed by atoms with Crippen LogP contribution in [-0.2, 0) is 16.0 Å². The van der Waals surface area contributed by atoms with Crippen molar-refractivity contribution in [3.05, 3.63) is 89.7 Å². The Morgan fingerprint density at radius 2 is 1.98 bits per heavy atom. The minimum Gasteiger partial charge on any atom is -0.488 e. The van der Waals surface area contributed by atoms with Gasteiger partial charge in [0.15, 0.2) is 6.61 Å². The first-order valence-electron chi connectivity index (χ1n) is 14.6. The number of hydrogen-bond acceptors (Lipinski definition) is 8. The molecule has 3 amide bonds. The first-order valence-corrected chi connectivity index (χ1v) is 14.6. The lowest BCUT2D eigenvalue weighted by Crippen LogP contribution is -2.47. The van der Waals surface area contributed by atoms with Crippen LogP contribution in [0.3, 0.4) is 0 Å². The summed E-state index contributed by atoms with van der Waals surface area (Å²) in [4.78, 5) is 41.2. The summed E-state index contributed by atoms with van der Waals surface area (Å²) < 4.78 is 11.5. The number of aromatic nitrogens is 1. The lowest BCUT2D eigenvalue weighted by atomic mass is 10.0. The third-order valence-electron chi connectivity index (χ3n) is 7.58. The Labute approximate surface area is 252 Å². The van der Waals surface area contributed by atoms with Crippen LogP contribution in [-0.4, -0.2) is 90.4 Å². The highest BCUT2D eigenvalue weighted by Crippen LogP contribution is 2.23. The fraction of sp³-hybridized carbons (Fsp3) is 0.375. The lowest BCUT2D eigenvalue weighted by molar-refractivity contribution is 0.102. The number of hydrogen-bond donors (Lipinski definition) is 2. The number of nitrogens with two attached hydrogens (primary N) is 1. The number of carbonyl (C=O) groups is 2. The summed E-state index contributed by atoms with van der Waals surface area (Å²) in [6, 6.07) is 10.1. The number of para-hydroxylation sites is 2. The van der Waals surface area contributed by atoms with Gasteiger partial charge in [0, 0.05) is 58.4 Å². The Kier molecular flexibility index (Phi) is 10.2. The smallest absolute Gasteiger partial charge is 0.347 e. The van der Waals surface area contributed by atoms with Gasteiger partial charge in [-0.15, -0.1) is 0 Å². The van der Waals surface area contributed by atoms with Crippen LogP contribution in [0.1, 0.15) is 35.3 Å². The number of aliphatic imine (C=N–C) groups is 1. The maximum absolute atomic E-state index is 13.5. The van der Waals surface area contributed by atoms with Gasteiger partial charge in [-0.3, -0.25) is 14.7 Å². The normalized spacial score (nSPS) is 18.3. The van der Waals surface area contributed by atoms with Crippen molar-refractivity contribution in [3.63, 3.8) is 0 Å². The molecule has 1 aromatic heterocycles. The van der Waals surface area contributed by atoms with Crippen molar-refractivity contribution in [2.75, 3.05) is 64.0 Å². The highest BCUT2D eigenvalue weighted by Gasteiger charge is 2.22. The van der Waals surface area contributed by atoms with Gasteiger partial charge in [-0.05, 0) is 43.7 Å². The van der Waals surface area contributed by atoms with Gasteiger partial charge in [0.1, 0.15) is 17.7 Å². The van der Waals surface area contributed by atoms with Crippen LogP contribution in [0.25, 0.3) is 0 Å². The van der Waals surface area contributed by atoms with Crippen molar-refractivity contribution in [2.24, 2.45) is 4.99 Å². The summed E-state index contributed by atoms with van der Waals surface area (Å²) in [5.74, 6) is 0.514. The van der Waals surface area contributed by atoms with E-state index in [9.17, 15) is 9.59 Å². The van der Waals surface area contributed by atoms with Crippen LogP contribution in [0.4, 0.5) is 16.2 Å². The second kappa shape index (κ2) is 14.6. The molecule has 5 rings (SSSR count). The topological polar surface area (TPSA) is 126 Å². The maximum atomic E-state index is 13.5. The standard InChI is InChI=1S/C32H39N7O4/c1-37-13-15-38(16-14-37)17-18-39(32(41)36-30-23-42-22-26(43-30)19-24-7-3-2-4-8-24)21-25-11-12-29(34-20-25)31(40)35-28-10-6-5-9-27(28)33/h2-3,5-7,9-12,20,22H,4,8,13-19,21,23,33H2,1H3,(H,35,40). The molecular formula is C32H39N7O4. The molecular weight excluding hydrogens is 546 g/mol. The van der Waals surface area contributed by atoms with Crippen LogP contribution >= 0.6 is 0 Å². The summed E-state index contributed by atoms with van der Waals surface area (Å²) in [5, 5.41) is 2.78. The SMILES string of the molecule is CN1CCN(CCN(Cc2ccc(C(=O)Nc3ccccc3N)nc2)C(=O)N=C2COC=C(CC3=CC=CCC3)O2)CC1. The van der Waals surface area contributed by atoms with Crippen molar-refractivity contribution in [1.29, 1.82) is 0 Å². The number of nitrogens with zero attached hydrogens (tertiary/aromatic N) is 5. The molecule has 3 aliphatic rings. The fourth-order valence-electron chi connectivity index (χ4n) is 4.99. The number of urea groups is 1. The molecule has 0 unspecified atom stereocenters. The van der Waals surface area contributed by atoms with Gasteiger partial charge < -0.3 is 30.3 Å². The second-order valence-corrected chi connectivity index (χ2v) is 10.9. The van der Waals surface area contributed by atoms with E-state index in [1.807, 2.05) is 6.08 Å². The van der Waals surface area contributed by atoms with Crippen molar-refractivity contribution in [1.82, 2.24) is 19.7 Å². The Balaban J connectivity index is 1.24. The summed E-state index contributed by atoms with van der Waals surface area (Å²) in [7, 11) is 2.12. The minimum atomic E-state index is -0.407. The van der Waals surface area contributed by atoms with Gasteiger partial charge in [-0.25, -0.2) is 4.79 Å². The van der Waals surface area contributed by atoms with E-state index in [1.54, 1.807) is 53.8 Å². The molecule has 0 bridgehead atoms. The third-order valence-corrected chi connectivity index (χ3v) is 7.58. The number of nitrogen functional groups attached to an aromatic ring is 1. The van der Waals surface area contributed by atoms with Gasteiger partial charge in [-0.2, -0.15) is 4.99 Å². The average molecular weight is 586 g/mol. The van der Waals surface area contributed by atoms with Crippen LogP contribution in [0, 0.1) is 0 Å². The molecule has 11 heteroatoms. The number of allylic oxidation sites excluding steroid dienone is 4. The van der Waals surface area contributed by atoms with Crippen molar-refractivity contribution < 1.29 is 19.1 Å². The van der Waals surface area contributed by atoms with E-state index in [-0.39, 0.29) is 30.7 Å². The van der Waals surface area contributed by atoms with Gasteiger partial charge in [-0.1, -0.05) is 42.0 Å². The average Bonchev–Trinajstić information content (AvgIpc) is 3.02. The highest BCUT2D eigenvalue weighted by atomic mass is 16.6. The molecule has 0 spiro atoms. The van der Waals surface area contributed by atoms with Crippen molar-refractivity contribution in [2.45, 2.75) is 25.8 Å². The van der Waals surface area contributed by atoms with E-state index in [0.717, 1.165) is 51.1 Å². The van der Waals surface area contributed by atoms with Gasteiger partial charge in [0.25, 0.3) is 5.91 Å². The summed E-state index contributed by atoms with van der Waals surface area (Å²) >= 11 is 0. The minimum absolute atomic E-state index is 0.0950. The van der Waals surface area contributed by atoms with Gasteiger partial charge in [0.05, 0.1) is 11.4 Å². The quantitative estimate of drug-likeness (QED) is 0.423. The van der Waals surface area contributed by atoms with Crippen LogP contribution in [0.2, 0.25) is 0 Å². The first kappa shape index (κ1) is 30.0.